The van der Waals surface area contributed by atoms with Crippen LogP contribution in [0.1, 0.15) is 60.8 Å². The molecule has 1 spiro atoms. The number of nitrogens with one attached hydrogen (secondary N) is 1. The summed E-state index contributed by atoms with van der Waals surface area (Å²) in [7, 11) is 0. The third-order valence-electron chi connectivity index (χ3n) is 6.96. The number of para-hydroxylation sites is 1. The molecular weight excluding hydrogens is 376 g/mol. The SMILES string of the molecule is O=c1[nH]c(C2CC2)nc2c1CCC21CCCN(Cc2cn(-c3ccccc3)nn2)C1. The van der Waals surface area contributed by atoms with E-state index in [1.807, 2.05) is 41.2 Å². The summed E-state index contributed by atoms with van der Waals surface area (Å²) in [5.41, 5.74) is 4.13. The Morgan fingerprint density at radius 2 is 2.03 bits per heavy atom. The minimum atomic E-state index is 0.0148. The number of nitrogens with zero attached hydrogens (tertiary/aromatic N) is 5. The third-order valence-corrected chi connectivity index (χ3v) is 6.96. The van der Waals surface area contributed by atoms with Gasteiger partial charge in [0.05, 0.1) is 23.3 Å². The molecule has 0 radical (unpaired) electrons. The Kier molecular flexibility index (Phi) is 4.13. The number of aromatic amines is 1. The molecule has 2 fully saturated rings. The van der Waals surface area contributed by atoms with Gasteiger partial charge in [-0.15, -0.1) is 5.10 Å². The number of hydrogen-bond donors (Lipinski definition) is 1. The van der Waals surface area contributed by atoms with Crippen molar-refractivity contribution in [3.63, 3.8) is 0 Å². The van der Waals surface area contributed by atoms with E-state index in [9.17, 15) is 4.79 Å². The van der Waals surface area contributed by atoms with Crippen LogP contribution in [0, 0.1) is 0 Å². The third kappa shape index (κ3) is 3.08. The van der Waals surface area contributed by atoms with Crippen molar-refractivity contribution >= 4 is 0 Å². The molecule has 1 saturated carbocycles. The lowest BCUT2D eigenvalue weighted by atomic mass is 9.77. The summed E-state index contributed by atoms with van der Waals surface area (Å²) in [6, 6.07) is 10.1. The van der Waals surface area contributed by atoms with Gasteiger partial charge in [-0.3, -0.25) is 9.69 Å². The predicted molar refractivity (Wildman–Crippen MR) is 113 cm³/mol. The maximum atomic E-state index is 12.7. The second-order valence-corrected chi connectivity index (χ2v) is 9.14. The zero-order valence-corrected chi connectivity index (χ0v) is 17.0. The van der Waals surface area contributed by atoms with Crippen LogP contribution in [0.4, 0.5) is 0 Å². The smallest absolute Gasteiger partial charge is 0.254 e. The summed E-state index contributed by atoms with van der Waals surface area (Å²) in [6.45, 7) is 2.77. The van der Waals surface area contributed by atoms with E-state index in [1.165, 1.54) is 0 Å². The topological polar surface area (TPSA) is 79.7 Å². The molecular formula is C23H26N6O. The summed E-state index contributed by atoms with van der Waals surface area (Å²) in [5.74, 6) is 1.39. The van der Waals surface area contributed by atoms with Crippen molar-refractivity contribution in [2.75, 3.05) is 13.1 Å². The van der Waals surface area contributed by atoms with Crippen molar-refractivity contribution in [1.82, 2.24) is 29.9 Å². The van der Waals surface area contributed by atoms with Crippen molar-refractivity contribution in [2.24, 2.45) is 0 Å². The molecule has 7 nitrogen and oxygen atoms in total. The molecule has 1 unspecified atom stereocenters. The van der Waals surface area contributed by atoms with Crippen molar-refractivity contribution in [3.05, 3.63) is 69.7 Å². The minimum Gasteiger partial charge on any atom is -0.310 e. The van der Waals surface area contributed by atoms with E-state index >= 15 is 0 Å². The second-order valence-electron chi connectivity index (χ2n) is 9.14. The predicted octanol–water partition coefficient (Wildman–Crippen LogP) is 2.71. The van der Waals surface area contributed by atoms with Crippen molar-refractivity contribution in [3.8, 4) is 5.69 Å². The van der Waals surface area contributed by atoms with E-state index in [1.54, 1.807) is 0 Å². The van der Waals surface area contributed by atoms with Crippen molar-refractivity contribution in [2.45, 2.75) is 56.4 Å². The number of H-pyrrole nitrogens is 1. The van der Waals surface area contributed by atoms with Crippen molar-refractivity contribution < 1.29 is 0 Å². The van der Waals surface area contributed by atoms with E-state index in [0.717, 1.165) is 86.6 Å². The molecule has 30 heavy (non-hydrogen) atoms. The normalized spacial score (nSPS) is 23.7. The van der Waals surface area contributed by atoms with E-state index < -0.39 is 0 Å². The maximum Gasteiger partial charge on any atom is 0.254 e. The molecule has 7 heteroatoms. The Bertz CT molecular complexity index is 1130. The highest BCUT2D eigenvalue weighted by molar-refractivity contribution is 5.35. The lowest BCUT2D eigenvalue weighted by Gasteiger charge is -2.40. The van der Waals surface area contributed by atoms with Gasteiger partial charge in [-0.25, -0.2) is 9.67 Å². The molecule has 1 aromatic carbocycles. The van der Waals surface area contributed by atoms with Gasteiger partial charge in [0.1, 0.15) is 5.82 Å². The summed E-state index contributed by atoms with van der Waals surface area (Å²) < 4.78 is 1.84. The zero-order valence-electron chi connectivity index (χ0n) is 17.0. The van der Waals surface area contributed by atoms with Crippen LogP contribution in [0.15, 0.2) is 41.3 Å². The molecule has 0 bridgehead atoms. The van der Waals surface area contributed by atoms with Gasteiger partial charge in [0, 0.05) is 30.0 Å². The monoisotopic (exact) mass is 402 g/mol. The van der Waals surface area contributed by atoms with Gasteiger partial charge in [0.25, 0.3) is 5.56 Å². The lowest BCUT2D eigenvalue weighted by Crippen LogP contribution is -2.45. The zero-order chi connectivity index (χ0) is 20.1. The van der Waals surface area contributed by atoms with E-state index in [4.69, 9.17) is 4.98 Å². The Labute approximate surface area is 175 Å². The first-order chi connectivity index (χ1) is 14.7. The summed E-state index contributed by atoms with van der Waals surface area (Å²) in [6.07, 6.45) is 8.44. The van der Waals surface area contributed by atoms with Gasteiger partial charge in [0.15, 0.2) is 0 Å². The van der Waals surface area contributed by atoms with Crippen LogP contribution >= 0.6 is 0 Å². The highest BCUT2D eigenvalue weighted by Crippen LogP contribution is 2.45. The summed E-state index contributed by atoms with van der Waals surface area (Å²) in [4.78, 5) is 23.2. The fourth-order valence-corrected chi connectivity index (χ4v) is 5.28. The molecule has 3 heterocycles. The summed E-state index contributed by atoms with van der Waals surface area (Å²) in [5, 5.41) is 8.72. The first kappa shape index (κ1) is 18.0. The van der Waals surface area contributed by atoms with Gasteiger partial charge >= 0.3 is 0 Å². The molecule has 1 N–H and O–H groups in total. The highest BCUT2D eigenvalue weighted by atomic mass is 16.1. The Morgan fingerprint density at radius 1 is 1.17 bits per heavy atom. The molecule has 6 rings (SSSR count). The average molecular weight is 403 g/mol. The van der Waals surface area contributed by atoms with Crippen LogP contribution in [-0.2, 0) is 18.4 Å². The molecule has 3 aliphatic rings. The number of hydrogen-bond acceptors (Lipinski definition) is 5. The number of benzene rings is 1. The highest BCUT2D eigenvalue weighted by Gasteiger charge is 2.45. The fraction of sp³-hybridized carbons (Fsp3) is 0.478. The van der Waals surface area contributed by atoms with Crippen LogP contribution in [0.25, 0.3) is 5.69 Å². The number of fused-ring (bicyclic) bond motifs is 2. The summed E-state index contributed by atoms with van der Waals surface area (Å²) >= 11 is 0. The largest absolute Gasteiger partial charge is 0.310 e. The van der Waals surface area contributed by atoms with Crippen LogP contribution in [0.2, 0.25) is 0 Å². The molecule has 154 valence electrons. The molecule has 1 atom stereocenters. The van der Waals surface area contributed by atoms with Crippen molar-refractivity contribution in [1.29, 1.82) is 0 Å². The molecule has 3 aromatic rings. The van der Waals surface area contributed by atoms with Gasteiger partial charge in [0.2, 0.25) is 0 Å². The molecule has 0 amide bonds. The second kappa shape index (κ2) is 6.87. The fourth-order valence-electron chi connectivity index (χ4n) is 5.28. The molecule has 2 aliphatic carbocycles. The van der Waals surface area contributed by atoms with E-state index in [2.05, 4.69) is 20.2 Å². The first-order valence-corrected chi connectivity index (χ1v) is 11.0. The van der Waals surface area contributed by atoms with E-state index in [0.29, 0.717) is 5.92 Å². The number of aromatic nitrogens is 5. The van der Waals surface area contributed by atoms with Gasteiger partial charge in [-0.05, 0) is 57.2 Å². The molecule has 1 aliphatic heterocycles. The standard InChI is InChI=1S/C23H26N6O/c30-22-19-9-11-23(20(19)24-21(25-22)16-7-8-16)10-4-12-28(15-23)13-17-14-29(27-26-17)18-5-2-1-3-6-18/h1-3,5-6,14,16H,4,7-13,15H2,(H,24,25,30). The molecule has 2 aromatic heterocycles. The van der Waals surface area contributed by atoms with Crippen LogP contribution < -0.4 is 5.56 Å². The molecule has 1 saturated heterocycles. The minimum absolute atomic E-state index is 0.0148. The number of piperidine rings is 1. The van der Waals surface area contributed by atoms with Crippen LogP contribution in [-0.4, -0.2) is 43.0 Å². The number of rotatable bonds is 4. The Balaban J connectivity index is 1.24. The van der Waals surface area contributed by atoms with E-state index in [-0.39, 0.29) is 11.0 Å². The van der Waals surface area contributed by atoms with Gasteiger partial charge in [-0.1, -0.05) is 23.4 Å². The number of likely N-dealkylation sites (tertiary alicyclic amines) is 1. The maximum absolute atomic E-state index is 12.7. The lowest BCUT2D eigenvalue weighted by molar-refractivity contribution is 0.135. The van der Waals surface area contributed by atoms with Crippen LogP contribution in [0.5, 0.6) is 0 Å². The van der Waals surface area contributed by atoms with Gasteiger partial charge in [-0.2, -0.15) is 0 Å². The quantitative estimate of drug-likeness (QED) is 0.726. The first-order valence-electron chi connectivity index (χ1n) is 11.0. The van der Waals surface area contributed by atoms with Crippen LogP contribution in [0.3, 0.4) is 0 Å². The van der Waals surface area contributed by atoms with Gasteiger partial charge < -0.3 is 4.98 Å². The average Bonchev–Trinajstić information content (AvgIpc) is 3.43. The Hall–Kier alpha value is -2.80. The Morgan fingerprint density at radius 3 is 2.87 bits per heavy atom.